The highest BCUT2D eigenvalue weighted by Gasteiger charge is 2.30. The molecule has 3 N–H and O–H groups in total. The van der Waals surface area contributed by atoms with Crippen LogP contribution in [0.25, 0.3) is 0 Å². The quantitative estimate of drug-likeness (QED) is 0.823. The van der Waals surface area contributed by atoms with E-state index in [1.807, 2.05) is 54.6 Å². The van der Waals surface area contributed by atoms with Gasteiger partial charge >= 0.3 is 0 Å². The molecule has 130 valence electrons. The summed E-state index contributed by atoms with van der Waals surface area (Å²) in [6, 6.07) is 16.7. The summed E-state index contributed by atoms with van der Waals surface area (Å²) in [5.74, 6) is -0.151. The van der Waals surface area contributed by atoms with Crippen LogP contribution >= 0.6 is 0 Å². The van der Waals surface area contributed by atoms with E-state index in [4.69, 9.17) is 5.73 Å². The first-order valence-electron chi connectivity index (χ1n) is 8.64. The number of piperidine rings is 1. The smallest absolute Gasteiger partial charge is 0.249 e. The molecule has 1 aliphatic heterocycles. The highest BCUT2D eigenvalue weighted by molar-refractivity contribution is 5.99. The number of nitrogens with zero attached hydrogens (tertiary/aromatic N) is 1. The number of hydrogen-bond donors (Lipinski definition) is 2. The van der Waals surface area contributed by atoms with E-state index in [-0.39, 0.29) is 11.8 Å². The summed E-state index contributed by atoms with van der Waals surface area (Å²) in [7, 11) is 0. The number of carbonyl (C=O) groups excluding carboxylic acids is 2. The Morgan fingerprint density at radius 1 is 1.12 bits per heavy atom. The third-order valence-corrected chi connectivity index (χ3v) is 4.52. The Bertz CT molecular complexity index is 746. The van der Waals surface area contributed by atoms with Gasteiger partial charge in [-0.25, -0.2) is 0 Å². The maximum absolute atomic E-state index is 12.7. The lowest BCUT2D eigenvalue weighted by molar-refractivity contribution is -0.128. The van der Waals surface area contributed by atoms with E-state index >= 15 is 0 Å². The summed E-state index contributed by atoms with van der Waals surface area (Å²) in [6.07, 6.45) is 2.45. The van der Waals surface area contributed by atoms with Gasteiger partial charge in [-0.15, -0.1) is 0 Å². The second-order valence-electron chi connectivity index (χ2n) is 6.29. The van der Waals surface area contributed by atoms with Crippen molar-refractivity contribution in [3.63, 3.8) is 0 Å². The zero-order valence-corrected chi connectivity index (χ0v) is 14.2. The molecule has 1 unspecified atom stereocenters. The number of para-hydroxylation sites is 2. The summed E-state index contributed by atoms with van der Waals surface area (Å²) in [4.78, 5) is 26.7. The third kappa shape index (κ3) is 4.18. The van der Waals surface area contributed by atoms with Gasteiger partial charge in [0.05, 0.1) is 0 Å². The monoisotopic (exact) mass is 337 g/mol. The predicted octanol–water partition coefficient (Wildman–Crippen LogP) is 2.51. The van der Waals surface area contributed by atoms with Gasteiger partial charge in [0.25, 0.3) is 0 Å². The molecule has 2 aromatic rings. The molecule has 1 aliphatic rings. The molecule has 2 amide bonds. The molecular weight excluding hydrogens is 314 g/mol. The first kappa shape index (κ1) is 17.0. The van der Waals surface area contributed by atoms with Crippen LogP contribution in [0, 0.1) is 0 Å². The Labute approximate surface area is 147 Å². The van der Waals surface area contributed by atoms with E-state index in [1.165, 1.54) is 0 Å². The van der Waals surface area contributed by atoms with Crippen molar-refractivity contribution >= 4 is 23.2 Å². The Morgan fingerprint density at radius 3 is 2.60 bits per heavy atom. The summed E-state index contributed by atoms with van der Waals surface area (Å²) < 4.78 is 0. The van der Waals surface area contributed by atoms with Crippen LogP contribution in [0.1, 0.15) is 24.8 Å². The number of aryl methyl sites for hydroxylation is 1. The fourth-order valence-corrected chi connectivity index (χ4v) is 3.15. The number of nitrogen functional groups attached to an aromatic ring is 1. The van der Waals surface area contributed by atoms with Crippen LogP contribution in [0.5, 0.6) is 0 Å². The van der Waals surface area contributed by atoms with Gasteiger partial charge in [0.15, 0.2) is 0 Å². The molecule has 0 radical (unpaired) electrons. The van der Waals surface area contributed by atoms with Crippen molar-refractivity contribution in [1.82, 2.24) is 5.32 Å². The zero-order chi connectivity index (χ0) is 17.6. The van der Waals surface area contributed by atoms with Gasteiger partial charge in [0.2, 0.25) is 11.8 Å². The van der Waals surface area contributed by atoms with Gasteiger partial charge in [0, 0.05) is 24.3 Å². The molecule has 5 heteroatoms. The lowest BCUT2D eigenvalue weighted by atomic mass is 10.0. The van der Waals surface area contributed by atoms with Crippen molar-refractivity contribution in [3.05, 3.63) is 60.2 Å². The van der Waals surface area contributed by atoms with E-state index in [9.17, 15) is 9.59 Å². The number of hydrogen-bond acceptors (Lipinski definition) is 3. The standard InChI is InChI=1S/C20H23N3O2/c21-17-10-5-4-7-15(17)12-13-19(24)22-18-11-6-14-23(20(18)25)16-8-2-1-3-9-16/h1-5,7-10,18H,6,11-14,21H2,(H,22,24). The molecule has 1 heterocycles. The van der Waals surface area contributed by atoms with E-state index in [1.54, 1.807) is 4.90 Å². The maximum Gasteiger partial charge on any atom is 0.249 e. The van der Waals surface area contributed by atoms with E-state index in [0.717, 1.165) is 17.7 Å². The minimum absolute atomic E-state index is 0.0370. The fourth-order valence-electron chi connectivity index (χ4n) is 3.15. The van der Waals surface area contributed by atoms with Crippen molar-refractivity contribution < 1.29 is 9.59 Å². The van der Waals surface area contributed by atoms with Gasteiger partial charge in [-0.3, -0.25) is 9.59 Å². The summed E-state index contributed by atoms with van der Waals surface area (Å²) in [5, 5.41) is 2.89. The number of nitrogens with two attached hydrogens (primary N) is 1. The van der Waals surface area contributed by atoms with E-state index in [0.29, 0.717) is 31.5 Å². The molecule has 0 bridgehead atoms. The minimum atomic E-state index is -0.449. The van der Waals surface area contributed by atoms with Crippen LogP contribution in [0.3, 0.4) is 0 Å². The molecule has 1 saturated heterocycles. The van der Waals surface area contributed by atoms with Crippen molar-refractivity contribution in [3.8, 4) is 0 Å². The van der Waals surface area contributed by atoms with Crippen LogP contribution in [0.15, 0.2) is 54.6 Å². The molecule has 25 heavy (non-hydrogen) atoms. The molecule has 5 nitrogen and oxygen atoms in total. The minimum Gasteiger partial charge on any atom is -0.399 e. The number of amides is 2. The largest absolute Gasteiger partial charge is 0.399 e. The number of carbonyl (C=O) groups is 2. The molecule has 2 aromatic carbocycles. The van der Waals surface area contributed by atoms with Crippen LogP contribution in [-0.2, 0) is 16.0 Å². The highest BCUT2D eigenvalue weighted by Crippen LogP contribution is 2.21. The molecule has 3 rings (SSSR count). The van der Waals surface area contributed by atoms with Gasteiger partial charge in [0.1, 0.15) is 6.04 Å². The molecule has 1 fully saturated rings. The maximum atomic E-state index is 12.7. The Balaban J connectivity index is 1.57. The second-order valence-corrected chi connectivity index (χ2v) is 6.29. The fraction of sp³-hybridized carbons (Fsp3) is 0.300. The van der Waals surface area contributed by atoms with Gasteiger partial charge in [-0.05, 0) is 43.0 Å². The zero-order valence-electron chi connectivity index (χ0n) is 14.2. The van der Waals surface area contributed by atoms with Gasteiger partial charge < -0.3 is 16.0 Å². The Morgan fingerprint density at radius 2 is 1.84 bits per heavy atom. The van der Waals surface area contributed by atoms with Gasteiger partial charge in [-0.2, -0.15) is 0 Å². The Kier molecular flexibility index (Phi) is 5.33. The van der Waals surface area contributed by atoms with Crippen molar-refractivity contribution in [2.45, 2.75) is 31.7 Å². The number of nitrogens with one attached hydrogen (secondary N) is 1. The highest BCUT2D eigenvalue weighted by atomic mass is 16.2. The lowest BCUT2D eigenvalue weighted by Crippen LogP contribution is -2.52. The molecule has 0 spiro atoms. The van der Waals surface area contributed by atoms with Crippen LogP contribution in [-0.4, -0.2) is 24.4 Å². The normalized spacial score (nSPS) is 17.4. The van der Waals surface area contributed by atoms with Crippen LogP contribution in [0.2, 0.25) is 0 Å². The van der Waals surface area contributed by atoms with E-state index < -0.39 is 6.04 Å². The summed E-state index contributed by atoms with van der Waals surface area (Å²) in [5.41, 5.74) is 8.43. The average molecular weight is 337 g/mol. The number of benzene rings is 2. The molecule has 1 atom stereocenters. The van der Waals surface area contributed by atoms with Crippen molar-refractivity contribution in [2.75, 3.05) is 17.2 Å². The van der Waals surface area contributed by atoms with Crippen molar-refractivity contribution in [2.24, 2.45) is 0 Å². The number of rotatable bonds is 5. The molecule has 0 aliphatic carbocycles. The summed E-state index contributed by atoms with van der Waals surface area (Å²) >= 11 is 0. The number of anilines is 2. The first-order chi connectivity index (χ1) is 12.1. The molecule has 0 saturated carbocycles. The SMILES string of the molecule is Nc1ccccc1CCC(=O)NC1CCCN(c2ccccc2)C1=O. The topological polar surface area (TPSA) is 75.4 Å². The van der Waals surface area contributed by atoms with Crippen molar-refractivity contribution in [1.29, 1.82) is 0 Å². The van der Waals surface area contributed by atoms with Crippen LogP contribution in [0.4, 0.5) is 11.4 Å². The van der Waals surface area contributed by atoms with E-state index in [2.05, 4.69) is 5.32 Å². The van der Waals surface area contributed by atoms with Crippen LogP contribution < -0.4 is 16.0 Å². The predicted molar refractivity (Wildman–Crippen MR) is 99.1 cm³/mol. The lowest BCUT2D eigenvalue weighted by Gasteiger charge is -2.32. The Hall–Kier alpha value is -2.82. The summed E-state index contributed by atoms with van der Waals surface area (Å²) in [6.45, 7) is 0.690. The third-order valence-electron chi connectivity index (χ3n) is 4.52. The molecular formula is C20H23N3O2. The van der Waals surface area contributed by atoms with Gasteiger partial charge in [-0.1, -0.05) is 36.4 Å². The first-order valence-corrected chi connectivity index (χ1v) is 8.64. The molecule has 0 aromatic heterocycles. The average Bonchev–Trinajstić information content (AvgIpc) is 2.63. The second kappa shape index (κ2) is 7.83.